The number of aryl methyl sites for hydroxylation is 2. The second-order valence-corrected chi connectivity index (χ2v) is 8.50. The number of ether oxygens (including phenoxy) is 3. The summed E-state index contributed by atoms with van der Waals surface area (Å²) in [5.41, 5.74) is 3.86. The predicted octanol–water partition coefficient (Wildman–Crippen LogP) is 4.81. The van der Waals surface area contributed by atoms with E-state index in [1.165, 1.54) is 0 Å². The molecule has 5 nitrogen and oxygen atoms in total. The van der Waals surface area contributed by atoms with Gasteiger partial charge in [0.15, 0.2) is 6.10 Å². The van der Waals surface area contributed by atoms with Crippen molar-refractivity contribution in [1.29, 1.82) is 0 Å². The van der Waals surface area contributed by atoms with Crippen LogP contribution in [-0.2, 0) is 4.79 Å². The van der Waals surface area contributed by atoms with Crippen molar-refractivity contribution in [2.24, 2.45) is 0 Å². The van der Waals surface area contributed by atoms with E-state index in [9.17, 15) is 4.79 Å². The smallest absolute Gasteiger partial charge is 0.261 e. The second-order valence-electron chi connectivity index (χ2n) is 8.50. The Morgan fingerprint density at radius 2 is 1.93 bits per heavy atom. The monoisotopic (exact) mass is 397 g/mol. The maximum Gasteiger partial charge on any atom is 0.261 e. The third-order valence-corrected chi connectivity index (χ3v) is 5.43. The summed E-state index contributed by atoms with van der Waals surface area (Å²) in [6.07, 6.45) is 0.0451. The number of amides is 1. The molecule has 1 aliphatic heterocycles. The summed E-state index contributed by atoms with van der Waals surface area (Å²) in [7, 11) is 1.63. The maximum absolute atomic E-state index is 13.0. The Hall–Kier alpha value is -2.69. The standard InChI is InChI=1S/C24H31NO4/c1-14-10-15(2)16(3)22(11-14)28-17(4)23(26)25-20-13-24(5,6)29-21-9-8-18(27-7)12-19(20)21/h8-12,17,20H,13H2,1-7H3,(H,25,26). The number of hydrogen-bond acceptors (Lipinski definition) is 4. The molecule has 1 amide bonds. The van der Waals surface area contributed by atoms with Gasteiger partial charge in [0.2, 0.25) is 0 Å². The van der Waals surface area contributed by atoms with E-state index >= 15 is 0 Å². The molecule has 29 heavy (non-hydrogen) atoms. The van der Waals surface area contributed by atoms with Crippen molar-refractivity contribution in [2.45, 2.75) is 65.7 Å². The molecule has 2 aromatic rings. The zero-order valence-corrected chi connectivity index (χ0v) is 18.4. The van der Waals surface area contributed by atoms with E-state index < -0.39 is 6.10 Å². The summed E-state index contributed by atoms with van der Waals surface area (Å²) in [5, 5.41) is 3.15. The Labute approximate surface area is 173 Å². The second kappa shape index (κ2) is 7.97. The van der Waals surface area contributed by atoms with Gasteiger partial charge in [0.1, 0.15) is 22.8 Å². The van der Waals surface area contributed by atoms with Crippen LogP contribution in [0.3, 0.4) is 0 Å². The van der Waals surface area contributed by atoms with Crippen molar-refractivity contribution in [3.63, 3.8) is 0 Å². The predicted molar refractivity (Wildman–Crippen MR) is 114 cm³/mol. The molecule has 5 heteroatoms. The van der Waals surface area contributed by atoms with Gasteiger partial charge in [0, 0.05) is 12.0 Å². The fourth-order valence-electron chi connectivity index (χ4n) is 3.74. The SMILES string of the molecule is COc1ccc2c(c1)C(NC(=O)C(C)Oc1cc(C)cc(C)c1C)CC(C)(C)O2. The Kier molecular flexibility index (Phi) is 5.78. The van der Waals surface area contributed by atoms with Crippen LogP contribution in [0.15, 0.2) is 30.3 Å². The molecule has 1 N–H and O–H groups in total. The lowest BCUT2D eigenvalue weighted by molar-refractivity contribution is -0.128. The first-order valence-electron chi connectivity index (χ1n) is 10.0. The van der Waals surface area contributed by atoms with Crippen LogP contribution in [0, 0.1) is 20.8 Å². The molecule has 0 aliphatic carbocycles. The molecule has 1 aliphatic rings. The Balaban J connectivity index is 1.79. The molecule has 0 radical (unpaired) electrons. The normalized spacial score (nSPS) is 18.2. The molecule has 0 saturated carbocycles. The van der Waals surface area contributed by atoms with Crippen molar-refractivity contribution >= 4 is 5.91 Å². The van der Waals surface area contributed by atoms with Gasteiger partial charge in [-0.05, 0) is 82.5 Å². The zero-order valence-electron chi connectivity index (χ0n) is 18.4. The summed E-state index contributed by atoms with van der Waals surface area (Å²) >= 11 is 0. The van der Waals surface area contributed by atoms with Crippen LogP contribution in [-0.4, -0.2) is 24.7 Å². The molecule has 0 saturated heterocycles. The number of carbonyl (C=O) groups is 1. The highest BCUT2D eigenvalue weighted by Gasteiger charge is 2.35. The highest BCUT2D eigenvalue weighted by molar-refractivity contribution is 5.81. The first-order valence-corrected chi connectivity index (χ1v) is 10.0. The number of hydrogen-bond donors (Lipinski definition) is 1. The summed E-state index contributed by atoms with van der Waals surface area (Å²) in [4.78, 5) is 13.0. The molecule has 3 rings (SSSR count). The summed E-state index contributed by atoms with van der Waals surface area (Å²) in [6, 6.07) is 9.60. The first-order chi connectivity index (χ1) is 13.6. The molecule has 2 unspecified atom stereocenters. The highest BCUT2D eigenvalue weighted by Crippen LogP contribution is 2.41. The van der Waals surface area contributed by atoms with Crippen molar-refractivity contribution in [2.75, 3.05) is 7.11 Å². The molecular formula is C24H31NO4. The van der Waals surface area contributed by atoms with Crippen LogP contribution in [0.25, 0.3) is 0 Å². The van der Waals surface area contributed by atoms with E-state index in [0.29, 0.717) is 6.42 Å². The molecule has 0 aromatic heterocycles. The van der Waals surface area contributed by atoms with E-state index in [-0.39, 0.29) is 17.6 Å². The molecular weight excluding hydrogens is 366 g/mol. The third-order valence-electron chi connectivity index (χ3n) is 5.43. The number of methoxy groups -OCH3 is 1. The van der Waals surface area contributed by atoms with E-state index in [4.69, 9.17) is 14.2 Å². The molecule has 0 spiro atoms. The zero-order chi connectivity index (χ0) is 21.3. The highest BCUT2D eigenvalue weighted by atomic mass is 16.5. The fourth-order valence-corrected chi connectivity index (χ4v) is 3.74. The van der Waals surface area contributed by atoms with Crippen molar-refractivity contribution in [1.82, 2.24) is 5.32 Å². The minimum Gasteiger partial charge on any atom is -0.497 e. The fraction of sp³-hybridized carbons (Fsp3) is 0.458. The summed E-state index contributed by atoms with van der Waals surface area (Å²) in [5.74, 6) is 2.10. The molecule has 0 bridgehead atoms. The average molecular weight is 398 g/mol. The van der Waals surface area contributed by atoms with Gasteiger partial charge < -0.3 is 19.5 Å². The molecule has 0 fully saturated rings. The van der Waals surface area contributed by atoms with E-state index in [0.717, 1.165) is 39.5 Å². The van der Waals surface area contributed by atoms with Crippen LogP contribution < -0.4 is 19.5 Å². The quantitative estimate of drug-likeness (QED) is 0.787. The van der Waals surface area contributed by atoms with Crippen molar-refractivity contribution in [3.8, 4) is 17.2 Å². The van der Waals surface area contributed by atoms with E-state index in [2.05, 4.69) is 11.4 Å². The van der Waals surface area contributed by atoms with E-state index in [1.54, 1.807) is 14.0 Å². The van der Waals surface area contributed by atoms with Crippen LogP contribution in [0.2, 0.25) is 0 Å². The summed E-state index contributed by atoms with van der Waals surface area (Å²) < 4.78 is 17.5. The Morgan fingerprint density at radius 3 is 2.62 bits per heavy atom. The third kappa shape index (κ3) is 4.66. The average Bonchev–Trinajstić information content (AvgIpc) is 2.64. The van der Waals surface area contributed by atoms with Gasteiger partial charge in [-0.2, -0.15) is 0 Å². The van der Waals surface area contributed by atoms with Crippen LogP contribution in [0.5, 0.6) is 17.2 Å². The van der Waals surface area contributed by atoms with Crippen LogP contribution in [0.4, 0.5) is 0 Å². The number of benzene rings is 2. The molecule has 1 heterocycles. The van der Waals surface area contributed by atoms with Gasteiger partial charge in [0.05, 0.1) is 13.2 Å². The summed E-state index contributed by atoms with van der Waals surface area (Å²) in [6.45, 7) is 11.9. The van der Waals surface area contributed by atoms with Gasteiger partial charge in [-0.3, -0.25) is 4.79 Å². The maximum atomic E-state index is 13.0. The van der Waals surface area contributed by atoms with Gasteiger partial charge in [-0.15, -0.1) is 0 Å². The van der Waals surface area contributed by atoms with Crippen molar-refractivity contribution < 1.29 is 19.0 Å². The lowest BCUT2D eigenvalue weighted by Gasteiger charge is -2.38. The minimum atomic E-state index is -0.616. The van der Waals surface area contributed by atoms with E-state index in [1.807, 2.05) is 58.9 Å². The number of carbonyl (C=O) groups excluding carboxylic acids is 1. The first kappa shape index (κ1) is 21.0. The topological polar surface area (TPSA) is 56.8 Å². The lowest BCUT2D eigenvalue weighted by Crippen LogP contribution is -2.44. The number of nitrogens with one attached hydrogen (secondary N) is 1. The van der Waals surface area contributed by atoms with Gasteiger partial charge in [-0.25, -0.2) is 0 Å². The van der Waals surface area contributed by atoms with Crippen LogP contribution in [0.1, 0.15) is 55.5 Å². The lowest BCUT2D eigenvalue weighted by atomic mass is 9.89. The Morgan fingerprint density at radius 1 is 1.21 bits per heavy atom. The van der Waals surface area contributed by atoms with Crippen molar-refractivity contribution in [3.05, 3.63) is 52.6 Å². The molecule has 2 aromatic carbocycles. The molecule has 2 atom stereocenters. The van der Waals surface area contributed by atoms with Crippen LogP contribution >= 0.6 is 0 Å². The largest absolute Gasteiger partial charge is 0.497 e. The van der Waals surface area contributed by atoms with Gasteiger partial charge in [-0.1, -0.05) is 6.07 Å². The Bertz CT molecular complexity index is 919. The minimum absolute atomic E-state index is 0.153. The van der Waals surface area contributed by atoms with Gasteiger partial charge in [0.25, 0.3) is 5.91 Å². The number of rotatable bonds is 5. The number of fused-ring (bicyclic) bond motifs is 1. The van der Waals surface area contributed by atoms with Gasteiger partial charge >= 0.3 is 0 Å². The molecule has 156 valence electrons.